The monoisotopic (exact) mass is 325 g/mol. The Morgan fingerprint density at radius 3 is 2.62 bits per heavy atom. The molecule has 128 valence electrons. The Bertz CT molecular complexity index is 653. The zero-order valence-corrected chi connectivity index (χ0v) is 14.9. The third kappa shape index (κ3) is 4.03. The van der Waals surface area contributed by atoms with Crippen LogP contribution < -0.4 is 9.80 Å². The van der Waals surface area contributed by atoms with Crippen molar-refractivity contribution in [2.75, 3.05) is 50.1 Å². The molecule has 1 aliphatic rings. The number of pyridine rings is 2. The Morgan fingerprint density at radius 1 is 1.04 bits per heavy atom. The van der Waals surface area contributed by atoms with Crippen LogP contribution in [0.4, 0.5) is 11.5 Å². The molecule has 3 heterocycles. The summed E-state index contributed by atoms with van der Waals surface area (Å²) in [5.74, 6) is 1.01. The van der Waals surface area contributed by atoms with Gasteiger partial charge in [0.25, 0.3) is 0 Å². The summed E-state index contributed by atoms with van der Waals surface area (Å²) in [6.07, 6.45) is 7.04. The lowest BCUT2D eigenvalue weighted by molar-refractivity contribution is 0.285. The molecule has 0 aromatic carbocycles. The predicted molar refractivity (Wildman–Crippen MR) is 99.6 cm³/mol. The van der Waals surface area contributed by atoms with Crippen molar-refractivity contribution >= 4 is 11.5 Å². The molecule has 0 unspecified atom stereocenters. The van der Waals surface area contributed by atoms with Gasteiger partial charge in [-0.25, -0.2) is 4.98 Å². The highest BCUT2D eigenvalue weighted by Crippen LogP contribution is 2.20. The number of anilines is 2. The summed E-state index contributed by atoms with van der Waals surface area (Å²) < 4.78 is 0. The fourth-order valence-electron chi connectivity index (χ4n) is 3.22. The molecular formula is C19H27N5. The number of aryl methyl sites for hydroxylation is 1. The lowest BCUT2D eigenvalue weighted by Gasteiger charge is -2.25. The Labute approximate surface area is 144 Å². The Kier molecular flexibility index (Phi) is 5.30. The van der Waals surface area contributed by atoms with E-state index in [-0.39, 0.29) is 0 Å². The van der Waals surface area contributed by atoms with Crippen molar-refractivity contribution in [3.05, 3.63) is 47.9 Å². The van der Waals surface area contributed by atoms with Gasteiger partial charge in [-0.05, 0) is 36.6 Å². The van der Waals surface area contributed by atoms with E-state index < -0.39 is 0 Å². The van der Waals surface area contributed by atoms with E-state index in [9.17, 15) is 0 Å². The zero-order chi connectivity index (χ0) is 16.9. The summed E-state index contributed by atoms with van der Waals surface area (Å²) in [6, 6.07) is 6.42. The van der Waals surface area contributed by atoms with Crippen molar-refractivity contribution in [2.24, 2.45) is 0 Å². The number of rotatable bonds is 4. The van der Waals surface area contributed by atoms with E-state index in [0.29, 0.717) is 0 Å². The van der Waals surface area contributed by atoms with Crippen LogP contribution >= 0.6 is 0 Å². The van der Waals surface area contributed by atoms with Crippen LogP contribution in [0.15, 0.2) is 36.8 Å². The first-order valence-electron chi connectivity index (χ1n) is 8.63. The maximum Gasteiger partial charge on any atom is 0.127 e. The van der Waals surface area contributed by atoms with E-state index in [4.69, 9.17) is 0 Å². The van der Waals surface area contributed by atoms with Crippen molar-refractivity contribution in [2.45, 2.75) is 19.9 Å². The summed E-state index contributed by atoms with van der Waals surface area (Å²) >= 11 is 0. The minimum absolute atomic E-state index is 0.976. The molecule has 0 bridgehead atoms. The molecule has 5 heteroatoms. The van der Waals surface area contributed by atoms with E-state index >= 15 is 0 Å². The first-order valence-corrected chi connectivity index (χ1v) is 8.63. The number of hydrogen-bond donors (Lipinski definition) is 0. The molecule has 2 aromatic heterocycles. The largest absolute Gasteiger partial charge is 0.370 e. The van der Waals surface area contributed by atoms with Crippen LogP contribution in [0.25, 0.3) is 0 Å². The predicted octanol–water partition coefficient (Wildman–Crippen LogP) is 2.56. The standard InChI is InChI=1S/C19H27N5/c1-16-13-20-8-7-18(16)24-10-4-9-23(11-12-24)15-17-5-6-19(21-14-17)22(2)3/h5-8,13-14H,4,9-12,15H2,1-3H3. The van der Waals surface area contributed by atoms with Gasteiger partial charge in [0.05, 0.1) is 0 Å². The fourth-order valence-corrected chi connectivity index (χ4v) is 3.22. The fraction of sp³-hybridized carbons (Fsp3) is 0.474. The van der Waals surface area contributed by atoms with Gasteiger partial charge in [0.2, 0.25) is 0 Å². The molecule has 0 N–H and O–H groups in total. The molecule has 0 aliphatic carbocycles. The molecule has 24 heavy (non-hydrogen) atoms. The van der Waals surface area contributed by atoms with Crippen molar-refractivity contribution in [1.82, 2.24) is 14.9 Å². The van der Waals surface area contributed by atoms with E-state index in [1.165, 1.54) is 23.2 Å². The molecule has 1 fully saturated rings. The molecule has 0 atom stereocenters. The molecule has 2 aromatic rings. The molecule has 0 radical (unpaired) electrons. The zero-order valence-electron chi connectivity index (χ0n) is 14.9. The first-order chi connectivity index (χ1) is 11.6. The lowest BCUT2D eigenvalue weighted by Crippen LogP contribution is -2.30. The minimum Gasteiger partial charge on any atom is -0.370 e. The van der Waals surface area contributed by atoms with Crippen molar-refractivity contribution < 1.29 is 0 Å². The third-order valence-corrected chi connectivity index (χ3v) is 4.59. The van der Waals surface area contributed by atoms with E-state index in [1.54, 1.807) is 0 Å². The molecule has 0 spiro atoms. The smallest absolute Gasteiger partial charge is 0.127 e. The second-order valence-electron chi connectivity index (χ2n) is 6.70. The highest BCUT2D eigenvalue weighted by atomic mass is 15.2. The summed E-state index contributed by atoms with van der Waals surface area (Å²) in [6.45, 7) is 7.51. The third-order valence-electron chi connectivity index (χ3n) is 4.59. The molecule has 3 rings (SSSR count). The summed E-state index contributed by atoms with van der Waals surface area (Å²) in [7, 11) is 4.04. The van der Waals surface area contributed by atoms with Gasteiger partial charge in [-0.3, -0.25) is 9.88 Å². The van der Waals surface area contributed by atoms with Gasteiger partial charge < -0.3 is 9.80 Å². The quantitative estimate of drug-likeness (QED) is 0.863. The highest BCUT2D eigenvalue weighted by Gasteiger charge is 2.16. The number of aromatic nitrogens is 2. The van der Waals surface area contributed by atoms with Crippen LogP contribution in [0.3, 0.4) is 0 Å². The van der Waals surface area contributed by atoms with Crippen LogP contribution in [-0.2, 0) is 6.54 Å². The van der Waals surface area contributed by atoms with Gasteiger partial charge in [-0.15, -0.1) is 0 Å². The molecular weight excluding hydrogens is 298 g/mol. The first kappa shape index (κ1) is 16.7. The van der Waals surface area contributed by atoms with Gasteiger partial charge in [0.15, 0.2) is 0 Å². The maximum atomic E-state index is 4.52. The molecule has 5 nitrogen and oxygen atoms in total. The van der Waals surface area contributed by atoms with Crippen molar-refractivity contribution in [3.63, 3.8) is 0 Å². The van der Waals surface area contributed by atoms with Crippen LogP contribution in [0.5, 0.6) is 0 Å². The molecule has 0 saturated carbocycles. The second kappa shape index (κ2) is 7.62. The Balaban J connectivity index is 1.60. The van der Waals surface area contributed by atoms with Crippen LogP contribution in [0, 0.1) is 6.92 Å². The van der Waals surface area contributed by atoms with Gasteiger partial charge in [-0.2, -0.15) is 0 Å². The van der Waals surface area contributed by atoms with Crippen molar-refractivity contribution in [3.8, 4) is 0 Å². The summed E-state index contributed by atoms with van der Waals surface area (Å²) in [5, 5.41) is 0. The number of nitrogens with zero attached hydrogens (tertiary/aromatic N) is 5. The van der Waals surface area contributed by atoms with Crippen LogP contribution in [-0.4, -0.2) is 55.1 Å². The molecule has 1 saturated heterocycles. The molecule has 0 amide bonds. The number of hydrogen-bond acceptors (Lipinski definition) is 5. The van der Waals surface area contributed by atoms with E-state index in [0.717, 1.165) is 38.5 Å². The normalized spacial score (nSPS) is 16.0. The Hall–Kier alpha value is -2.14. The van der Waals surface area contributed by atoms with Gasteiger partial charge in [0, 0.05) is 71.1 Å². The topological polar surface area (TPSA) is 35.5 Å². The van der Waals surface area contributed by atoms with Crippen LogP contribution in [0.2, 0.25) is 0 Å². The maximum absolute atomic E-state index is 4.52. The average molecular weight is 325 g/mol. The van der Waals surface area contributed by atoms with Gasteiger partial charge in [0.1, 0.15) is 5.82 Å². The average Bonchev–Trinajstić information content (AvgIpc) is 2.81. The van der Waals surface area contributed by atoms with E-state index in [1.807, 2.05) is 37.6 Å². The molecule has 1 aliphatic heterocycles. The van der Waals surface area contributed by atoms with E-state index in [2.05, 4.69) is 44.9 Å². The van der Waals surface area contributed by atoms with Crippen LogP contribution in [0.1, 0.15) is 17.5 Å². The van der Waals surface area contributed by atoms with Crippen molar-refractivity contribution in [1.29, 1.82) is 0 Å². The minimum atomic E-state index is 0.976. The van der Waals surface area contributed by atoms with Gasteiger partial charge >= 0.3 is 0 Å². The summed E-state index contributed by atoms with van der Waals surface area (Å²) in [5.41, 5.74) is 3.87. The Morgan fingerprint density at radius 2 is 1.92 bits per heavy atom. The highest BCUT2D eigenvalue weighted by molar-refractivity contribution is 5.51. The lowest BCUT2D eigenvalue weighted by atomic mass is 10.2. The van der Waals surface area contributed by atoms with Gasteiger partial charge in [-0.1, -0.05) is 6.07 Å². The second-order valence-corrected chi connectivity index (χ2v) is 6.70. The summed E-state index contributed by atoms with van der Waals surface area (Å²) in [4.78, 5) is 15.8. The SMILES string of the molecule is Cc1cnccc1N1CCCN(Cc2ccc(N(C)C)nc2)CC1.